The quantitative estimate of drug-likeness (QED) is 0.204. The van der Waals surface area contributed by atoms with Gasteiger partial charge in [0.2, 0.25) is 6.29 Å². The van der Waals surface area contributed by atoms with Crippen LogP contribution in [0.15, 0.2) is 11.6 Å². The van der Waals surface area contributed by atoms with Gasteiger partial charge in [-0.15, -0.1) is 0 Å². The van der Waals surface area contributed by atoms with Gasteiger partial charge in [-0.05, 0) is 61.7 Å². The van der Waals surface area contributed by atoms with Gasteiger partial charge in [0.1, 0.15) is 12.2 Å². The van der Waals surface area contributed by atoms with E-state index < -0.39 is 60.7 Å². The first-order chi connectivity index (χ1) is 23.5. The fraction of sp³-hybridized carbons (Fsp3) is 0.778. The van der Waals surface area contributed by atoms with Gasteiger partial charge in [0.25, 0.3) is 0 Å². The summed E-state index contributed by atoms with van der Waals surface area (Å²) in [6.07, 6.45) is -1.61. The molecule has 5 aliphatic rings. The van der Waals surface area contributed by atoms with E-state index in [9.17, 15) is 28.8 Å². The summed E-state index contributed by atoms with van der Waals surface area (Å²) >= 11 is 0. The molecule has 14 nitrogen and oxygen atoms in total. The second-order valence-corrected chi connectivity index (χ2v) is 14.9. The minimum Gasteiger partial charge on any atom is -0.467 e. The Hall–Kier alpha value is -3.52. The normalized spacial score (nSPS) is 40.4. The van der Waals surface area contributed by atoms with Crippen molar-refractivity contribution >= 4 is 35.8 Å². The third kappa shape index (κ3) is 7.28. The van der Waals surface area contributed by atoms with Gasteiger partial charge in [-0.3, -0.25) is 24.0 Å². The van der Waals surface area contributed by atoms with Gasteiger partial charge < -0.3 is 37.9 Å². The van der Waals surface area contributed by atoms with Gasteiger partial charge >= 0.3 is 35.8 Å². The van der Waals surface area contributed by atoms with Gasteiger partial charge in [0.15, 0.2) is 24.4 Å². The molecule has 0 amide bonds. The summed E-state index contributed by atoms with van der Waals surface area (Å²) < 4.78 is 46.3. The lowest BCUT2D eigenvalue weighted by molar-refractivity contribution is -0.315. The van der Waals surface area contributed by atoms with Crippen LogP contribution in [0.1, 0.15) is 93.4 Å². The Balaban J connectivity index is 1.60. The smallest absolute Gasteiger partial charge is 0.339 e. The van der Waals surface area contributed by atoms with E-state index in [0.29, 0.717) is 19.3 Å². The van der Waals surface area contributed by atoms with Crippen LogP contribution in [0.3, 0.4) is 0 Å². The average Bonchev–Trinajstić information content (AvgIpc) is 3.34. The highest BCUT2D eigenvalue weighted by molar-refractivity contribution is 5.77. The van der Waals surface area contributed by atoms with E-state index in [0.717, 1.165) is 59.1 Å². The Labute approximate surface area is 292 Å². The van der Waals surface area contributed by atoms with Crippen molar-refractivity contribution in [3.05, 3.63) is 11.6 Å². The molecule has 14 heteroatoms. The third-order valence-corrected chi connectivity index (χ3v) is 11.7. The zero-order chi connectivity index (χ0) is 36.7. The molecule has 0 aromatic rings. The summed E-state index contributed by atoms with van der Waals surface area (Å²) in [4.78, 5) is 74.3. The Morgan fingerprint density at radius 2 is 1.30 bits per heavy atom. The maximum atomic E-state index is 13.1. The molecule has 0 radical (unpaired) electrons. The molecule has 0 N–H and O–H groups in total. The minimum atomic E-state index is -1.60. The van der Waals surface area contributed by atoms with Crippen LogP contribution >= 0.6 is 0 Å². The number of carbonyl (C=O) groups is 6. The SMILES string of the molecule is COC(=O)[C@H]1O[C@@H](O[C@H]2C=C3C[C@@H](OC(C)=O)CC[C@]3(C)C3CC[C@@]4(C)C(CC[C@@H]4OC(C)=O)C32)[C@H](OC(C)=O)[C@@H](OC(C)=O)[C@@H]1OC(C)=O. The summed E-state index contributed by atoms with van der Waals surface area (Å²) in [6, 6.07) is 0. The highest BCUT2D eigenvalue weighted by Crippen LogP contribution is 2.66. The molecule has 50 heavy (non-hydrogen) atoms. The average molecular weight is 707 g/mol. The number of fused-ring (bicyclic) bond motifs is 5. The number of rotatable bonds is 8. The first-order valence-corrected chi connectivity index (χ1v) is 17.4. The number of carbonyl (C=O) groups excluding carboxylic acids is 6. The standard InChI is InChI=1S/C36H50O14/c1-17(37)44-23-11-13-35(6)22(15-23)16-26(28-24-9-10-27(45-18(2)38)36(24,7)14-12-25(28)35)49-34-32(48-21(5)41)30(47-20(4)40)29(46-19(3)39)31(50-34)33(42)43-8/h16,23-32,34H,9-15H2,1-8H3/t23-,24?,25?,26-,27-,28?,29-,30-,31-,32+,34+,35-,36-/m0/s1. The van der Waals surface area contributed by atoms with Crippen LogP contribution in [0.2, 0.25) is 0 Å². The van der Waals surface area contributed by atoms with Gasteiger partial charge in [-0.25, -0.2) is 4.79 Å². The van der Waals surface area contributed by atoms with Gasteiger partial charge in [-0.2, -0.15) is 0 Å². The highest BCUT2D eigenvalue weighted by Gasteiger charge is 2.63. The van der Waals surface area contributed by atoms with E-state index in [1.807, 2.05) is 6.08 Å². The van der Waals surface area contributed by atoms with Crippen molar-refractivity contribution in [1.82, 2.24) is 0 Å². The monoisotopic (exact) mass is 706 g/mol. The van der Waals surface area contributed by atoms with Crippen molar-refractivity contribution in [2.24, 2.45) is 28.6 Å². The molecule has 0 aromatic carbocycles. The van der Waals surface area contributed by atoms with Crippen molar-refractivity contribution in [2.45, 2.75) is 142 Å². The summed E-state index contributed by atoms with van der Waals surface area (Å²) in [7, 11) is 1.13. The molecule has 0 spiro atoms. The van der Waals surface area contributed by atoms with Crippen LogP contribution in [0.4, 0.5) is 0 Å². The predicted molar refractivity (Wildman–Crippen MR) is 170 cm³/mol. The molecule has 1 saturated heterocycles. The summed E-state index contributed by atoms with van der Waals surface area (Å²) in [5.74, 6) is -3.89. The largest absolute Gasteiger partial charge is 0.467 e. The molecule has 4 fully saturated rings. The molecule has 1 heterocycles. The molecule has 4 aliphatic carbocycles. The zero-order valence-corrected chi connectivity index (χ0v) is 30.1. The third-order valence-electron chi connectivity index (χ3n) is 11.7. The van der Waals surface area contributed by atoms with Crippen LogP contribution < -0.4 is 0 Å². The number of esters is 6. The highest BCUT2D eigenvalue weighted by atomic mass is 16.7. The van der Waals surface area contributed by atoms with Crippen molar-refractivity contribution < 1.29 is 66.7 Å². The van der Waals surface area contributed by atoms with E-state index in [4.69, 9.17) is 37.9 Å². The molecule has 13 atom stereocenters. The Morgan fingerprint density at radius 1 is 0.700 bits per heavy atom. The zero-order valence-electron chi connectivity index (χ0n) is 30.1. The molecule has 1 aliphatic heterocycles. The van der Waals surface area contributed by atoms with Crippen LogP contribution in [-0.2, 0) is 66.7 Å². The fourth-order valence-electron chi connectivity index (χ4n) is 9.74. The van der Waals surface area contributed by atoms with Gasteiger partial charge in [0, 0.05) is 46.5 Å². The lowest BCUT2D eigenvalue weighted by Crippen LogP contribution is -2.65. The lowest BCUT2D eigenvalue weighted by atomic mass is 9.47. The van der Waals surface area contributed by atoms with Gasteiger partial charge in [-0.1, -0.05) is 25.5 Å². The van der Waals surface area contributed by atoms with Crippen molar-refractivity contribution in [2.75, 3.05) is 7.11 Å². The van der Waals surface area contributed by atoms with Crippen molar-refractivity contribution in [3.63, 3.8) is 0 Å². The van der Waals surface area contributed by atoms with Crippen LogP contribution in [0.5, 0.6) is 0 Å². The van der Waals surface area contributed by atoms with Crippen molar-refractivity contribution in [3.8, 4) is 0 Å². The van der Waals surface area contributed by atoms with Crippen molar-refractivity contribution in [1.29, 1.82) is 0 Å². The van der Waals surface area contributed by atoms with Crippen LogP contribution in [0.25, 0.3) is 0 Å². The van der Waals surface area contributed by atoms with E-state index in [2.05, 4.69) is 13.8 Å². The van der Waals surface area contributed by atoms with Crippen LogP contribution in [0, 0.1) is 28.6 Å². The minimum absolute atomic E-state index is 0.0571. The molecule has 5 rings (SSSR count). The maximum absolute atomic E-state index is 13.1. The topological polar surface area (TPSA) is 176 Å². The number of ether oxygens (including phenoxy) is 8. The van der Waals surface area contributed by atoms with E-state index >= 15 is 0 Å². The Morgan fingerprint density at radius 3 is 1.90 bits per heavy atom. The number of hydrogen-bond acceptors (Lipinski definition) is 14. The Kier molecular flexibility index (Phi) is 11.0. The van der Waals surface area contributed by atoms with Gasteiger partial charge in [0.05, 0.1) is 13.2 Å². The second kappa shape index (κ2) is 14.6. The summed E-state index contributed by atoms with van der Waals surface area (Å²) in [5.41, 5.74) is 0.487. The molecule has 3 saturated carbocycles. The summed E-state index contributed by atoms with van der Waals surface area (Å²) in [6.45, 7) is 10.6. The first kappa shape index (κ1) is 37.7. The fourth-order valence-corrected chi connectivity index (χ4v) is 9.74. The second-order valence-electron chi connectivity index (χ2n) is 14.9. The predicted octanol–water partition coefficient (Wildman–Crippen LogP) is 3.50. The molecule has 0 bridgehead atoms. The molecule has 278 valence electrons. The summed E-state index contributed by atoms with van der Waals surface area (Å²) in [5, 5.41) is 0. The molecular formula is C36H50O14. The van der Waals surface area contributed by atoms with E-state index in [1.54, 1.807) is 0 Å². The first-order valence-electron chi connectivity index (χ1n) is 17.4. The Bertz CT molecular complexity index is 1410. The lowest BCUT2D eigenvalue weighted by Gasteiger charge is -2.59. The van der Waals surface area contributed by atoms with Crippen LogP contribution in [-0.4, -0.2) is 91.9 Å². The maximum Gasteiger partial charge on any atom is 0.339 e. The molecular weight excluding hydrogens is 656 g/mol. The molecule has 3 unspecified atom stereocenters. The van der Waals surface area contributed by atoms with E-state index in [-0.39, 0.29) is 52.7 Å². The number of hydrogen-bond donors (Lipinski definition) is 0. The number of methoxy groups -OCH3 is 1. The van der Waals surface area contributed by atoms with E-state index in [1.165, 1.54) is 13.8 Å². The molecule has 0 aromatic heterocycles.